The first-order chi connectivity index (χ1) is 12.4. The number of nitrogens with zero attached hydrogens (tertiary/aromatic N) is 1. The molecule has 1 aliphatic rings. The fourth-order valence-electron chi connectivity index (χ4n) is 3.11. The standard InChI is InChI=1S/C19H21BrN2O3S/c1-14-5-2-3-12-22(14)26(24,25)18-10-8-15(9-11-18)19(23)21-17-7-4-6-16(20)13-17/h4,6-11,13-14H,2-3,5,12H2,1H3,(H,21,23)/t14-/m1/s1. The topological polar surface area (TPSA) is 66.5 Å². The van der Waals surface area contributed by atoms with E-state index in [4.69, 9.17) is 0 Å². The second kappa shape index (κ2) is 7.90. The predicted molar refractivity (Wildman–Crippen MR) is 106 cm³/mol. The van der Waals surface area contributed by atoms with Gasteiger partial charge in [-0.15, -0.1) is 0 Å². The smallest absolute Gasteiger partial charge is 0.255 e. The Balaban J connectivity index is 1.76. The number of nitrogens with one attached hydrogen (secondary N) is 1. The molecule has 0 spiro atoms. The summed E-state index contributed by atoms with van der Waals surface area (Å²) in [5.41, 5.74) is 1.08. The van der Waals surface area contributed by atoms with Gasteiger partial charge in [-0.25, -0.2) is 8.42 Å². The molecule has 1 fully saturated rings. The second-order valence-corrected chi connectivity index (χ2v) is 9.26. The van der Waals surface area contributed by atoms with E-state index in [-0.39, 0.29) is 16.8 Å². The van der Waals surface area contributed by atoms with Crippen molar-refractivity contribution in [3.63, 3.8) is 0 Å². The number of carbonyl (C=O) groups excluding carboxylic acids is 1. The lowest BCUT2D eigenvalue weighted by atomic mass is 10.1. The summed E-state index contributed by atoms with van der Waals surface area (Å²) in [5.74, 6) is -0.279. The molecule has 138 valence electrons. The molecule has 1 amide bonds. The fourth-order valence-corrected chi connectivity index (χ4v) is 5.21. The third-order valence-corrected chi connectivity index (χ3v) is 7.07. The van der Waals surface area contributed by atoms with Gasteiger partial charge in [-0.2, -0.15) is 4.31 Å². The van der Waals surface area contributed by atoms with Crippen molar-refractivity contribution in [2.75, 3.05) is 11.9 Å². The minimum atomic E-state index is -3.52. The van der Waals surface area contributed by atoms with Crippen molar-refractivity contribution in [3.8, 4) is 0 Å². The van der Waals surface area contributed by atoms with E-state index in [1.807, 2.05) is 19.1 Å². The highest BCUT2D eigenvalue weighted by molar-refractivity contribution is 9.10. The zero-order valence-corrected chi connectivity index (χ0v) is 16.9. The summed E-state index contributed by atoms with van der Waals surface area (Å²) in [5, 5.41) is 2.80. The Kier molecular flexibility index (Phi) is 5.79. The lowest BCUT2D eigenvalue weighted by Gasteiger charge is -2.32. The van der Waals surface area contributed by atoms with Crippen LogP contribution in [0.2, 0.25) is 0 Å². The first-order valence-electron chi connectivity index (χ1n) is 8.57. The molecule has 0 saturated carbocycles. The van der Waals surface area contributed by atoms with Crippen molar-refractivity contribution in [1.29, 1.82) is 0 Å². The summed E-state index contributed by atoms with van der Waals surface area (Å²) in [7, 11) is -3.52. The van der Waals surface area contributed by atoms with Gasteiger partial charge in [0.15, 0.2) is 0 Å². The Labute approximate surface area is 162 Å². The Hall–Kier alpha value is -1.70. The summed E-state index contributed by atoms with van der Waals surface area (Å²) < 4.78 is 28.1. The molecule has 0 radical (unpaired) electrons. The number of anilines is 1. The molecule has 5 nitrogen and oxygen atoms in total. The van der Waals surface area contributed by atoms with Crippen molar-refractivity contribution in [1.82, 2.24) is 4.31 Å². The molecule has 3 rings (SSSR count). The Bertz CT molecular complexity index is 897. The Morgan fingerprint density at radius 3 is 2.54 bits per heavy atom. The number of piperidine rings is 1. The highest BCUT2D eigenvalue weighted by atomic mass is 79.9. The van der Waals surface area contributed by atoms with Gasteiger partial charge in [0, 0.05) is 28.3 Å². The first kappa shape index (κ1) is 19.1. The molecule has 7 heteroatoms. The van der Waals surface area contributed by atoms with Crippen LogP contribution in [0, 0.1) is 0 Å². The Morgan fingerprint density at radius 1 is 1.15 bits per heavy atom. The van der Waals surface area contributed by atoms with E-state index in [9.17, 15) is 13.2 Å². The molecule has 0 bridgehead atoms. The SMILES string of the molecule is C[C@@H]1CCCCN1S(=O)(=O)c1ccc(C(=O)Nc2cccc(Br)c2)cc1. The van der Waals surface area contributed by atoms with E-state index in [0.717, 1.165) is 23.7 Å². The zero-order chi connectivity index (χ0) is 18.7. The number of hydrogen-bond donors (Lipinski definition) is 1. The second-order valence-electron chi connectivity index (χ2n) is 6.45. The van der Waals surface area contributed by atoms with Crippen molar-refractivity contribution in [2.45, 2.75) is 37.1 Å². The van der Waals surface area contributed by atoms with Gasteiger partial charge in [0.1, 0.15) is 0 Å². The normalized spacial score (nSPS) is 18.5. The van der Waals surface area contributed by atoms with Gasteiger partial charge >= 0.3 is 0 Å². The lowest BCUT2D eigenvalue weighted by Crippen LogP contribution is -2.41. The maximum absolute atomic E-state index is 12.8. The predicted octanol–water partition coefficient (Wildman–Crippen LogP) is 4.26. The van der Waals surface area contributed by atoms with Crippen LogP contribution in [-0.2, 0) is 10.0 Å². The van der Waals surface area contributed by atoms with Crippen molar-refractivity contribution in [3.05, 3.63) is 58.6 Å². The van der Waals surface area contributed by atoms with Gasteiger partial charge in [-0.05, 0) is 62.2 Å². The van der Waals surface area contributed by atoms with Crippen LogP contribution in [0.1, 0.15) is 36.5 Å². The number of hydrogen-bond acceptors (Lipinski definition) is 3. The first-order valence-corrected chi connectivity index (χ1v) is 10.8. The molecule has 2 aromatic rings. The van der Waals surface area contributed by atoms with Crippen LogP contribution in [0.4, 0.5) is 5.69 Å². The number of carbonyl (C=O) groups is 1. The molecular weight excluding hydrogens is 416 g/mol. The van der Waals surface area contributed by atoms with Crippen LogP contribution in [0.5, 0.6) is 0 Å². The van der Waals surface area contributed by atoms with E-state index >= 15 is 0 Å². The third-order valence-electron chi connectivity index (χ3n) is 4.55. The minimum absolute atomic E-state index is 0.00764. The van der Waals surface area contributed by atoms with E-state index in [1.165, 1.54) is 12.1 Å². The van der Waals surface area contributed by atoms with Crippen LogP contribution in [0.25, 0.3) is 0 Å². The molecule has 2 aromatic carbocycles. The molecule has 1 N–H and O–H groups in total. The molecule has 1 aliphatic heterocycles. The van der Waals surface area contributed by atoms with Gasteiger partial charge in [0.05, 0.1) is 4.90 Å². The number of rotatable bonds is 4. The average Bonchev–Trinajstić information content (AvgIpc) is 2.62. The van der Waals surface area contributed by atoms with Crippen LogP contribution in [0.15, 0.2) is 57.9 Å². The number of benzene rings is 2. The highest BCUT2D eigenvalue weighted by Gasteiger charge is 2.30. The van der Waals surface area contributed by atoms with E-state index < -0.39 is 10.0 Å². The number of amides is 1. The van der Waals surface area contributed by atoms with E-state index in [1.54, 1.807) is 28.6 Å². The summed E-state index contributed by atoms with van der Waals surface area (Å²) in [6.07, 6.45) is 2.82. The molecule has 0 unspecified atom stereocenters. The maximum Gasteiger partial charge on any atom is 0.255 e. The zero-order valence-electron chi connectivity index (χ0n) is 14.5. The van der Waals surface area contributed by atoms with Gasteiger partial charge in [-0.3, -0.25) is 4.79 Å². The lowest BCUT2D eigenvalue weighted by molar-refractivity contribution is 0.102. The fraction of sp³-hybridized carbons (Fsp3) is 0.316. The number of halogens is 1. The minimum Gasteiger partial charge on any atom is -0.322 e. The third kappa shape index (κ3) is 4.16. The summed E-state index contributed by atoms with van der Waals surface area (Å²) >= 11 is 3.36. The Morgan fingerprint density at radius 2 is 1.88 bits per heavy atom. The molecule has 1 saturated heterocycles. The van der Waals surface area contributed by atoms with Gasteiger partial charge in [-0.1, -0.05) is 28.4 Å². The summed E-state index contributed by atoms with van der Waals surface area (Å²) in [6, 6.07) is 13.4. The highest BCUT2D eigenvalue weighted by Crippen LogP contribution is 2.25. The maximum atomic E-state index is 12.8. The van der Waals surface area contributed by atoms with Crippen molar-refractivity contribution >= 4 is 37.5 Å². The van der Waals surface area contributed by atoms with Crippen molar-refractivity contribution < 1.29 is 13.2 Å². The molecule has 26 heavy (non-hydrogen) atoms. The molecular formula is C19H21BrN2O3S. The van der Waals surface area contributed by atoms with Crippen LogP contribution in [0.3, 0.4) is 0 Å². The van der Waals surface area contributed by atoms with Crippen LogP contribution >= 0.6 is 15.9 Å². The van der Waals surface area contributed by atoms with E-state index in [0.29, 0.717) is 17.8 Å². The molecule has 1 atom stereocenters. The average molecular weight is 437 g/mol. The molecule has 1 heterocycles. The number of sulfonamides is 1. The van der Waals surface area contributed by atoms with Crippen molar-refractivity contribution in [2.24, 2.45) is 0 Å². The molecule has 0 aromatic heterocycles. The molecule has 0 aliphatic carbocycles. The van der Waals surface area contributed by atoms with Crippen LogP contribution in [-0.4, -0.2) is 31.2 Å². The quantitative estimate of drug-likeness (QED) is 0.777. The summed E-state index contributed by atoms with van der Waals surface area (Å²) in [6.45, 7) is 2.49. The van der Waals surface area contributed by atoms with Gasteiger partial charge in [0.25, 0.3) is 5.91 Å². The van der Waals surface area contributed by atoms with Gasteiger partial charge < -0.3 is 5.32 Å². The largest absolute Gasteiger partial charge is 0.322 e. The summed E-state index contributed by atoms with van der Waals surface area (Å²) in [4.78, 5) is 12.6. The monoisotopic (exact) mass is 436 g/mol. The van der Waals surface area contributed by atoms with Crippen LogP contribution < -0.4 is 5.32 Å². The van der Waals surface area contributed by atoms with Gasteiger partial charge in [0.2, 0.25) is 10.0 Å². The van der Waals surface area contributed by atoms with E-state index in [2.05, 4.69) is 21.2 Å².